The van der Waals surface area contributed by atoms with Gasteiger partial charge < -0.3 is 9.47 Å². The zero-order valence-electron chi connectivity index (χ0n) is 15.1. The molecule has 0 saturated heterocycles. The van der Waals surface area contributed by atoms with Gasteiger partial charge in [-0.1, -0.05) is 52.2 Å². The zero-order chi connectivity index (χ0) is 17.1. The van der Waals surface area contributed by atoms with Crippen LogP contribution in [-0.2, 0) is 15.9 Å². The first-order valence-corrected chi connectivity index (χ1v) is 8.85. The van der Waals surface area contributed by atoms with E-state index in [2.05, 4.69) is 20.8 Å². The van der Waals surface area contributed by atoms with Gasteiger partial charge in [-0.25, -0.2) is 4.79 Å². The van der Waals surface area contributed by atoms with Crippen LogP contribution in [0.15, 0.2) is 24.3 Å². The molecule has 1 rings (SSSR count). The number of aryl methyl sites for hydroxylation is 1. The summed E-state index contributed by atoms with van der Waals surface area (Å²) in [6.45, 7) is 7.07. The molecule has 1 aromatic rings. The molecule has 3 nitrogen and oxygen atoms in total. The molecule has 23 heavy (non-hydrogen) atoms. The summed E-state index contributed by atoms with van der Waals surface area (Å²) in [6.07, 6.45) is 6.30. The quantitative estimate of drug-likeness (QED) is 0.424. The summed E-state index contributed by atoms with van der Waals surface area (Å²) in [5.41, 5.74) is 1.87. The summed E-state index contributed by atoms with van der Waals surface area (Å²) < 4.78 is 10.8. The summed E-state index contributed by atoms with van der Waals surface area (Å²) in [6, 6.07) is 7.73. The van der Waals surface area contributed by atoms with Crippen molar-refractivity contribution >= 4 is 5.97 Å². The third kappa shape index (κ3) is 8.17. The van der Waals surface area contributed by atoms with E-state index in [-0.39, 0.29) is 12.1 Å². The molecular formula is C20H32O3. The molecule has 0 bridgehead atoms. The maximum atomic E-state index is 12.3. The van der Waals surface area contributed by atoms with Gasteiger partial charge in [0, 0.05) is 7.11 Å². The molecule has 1 unspecified atom stereocenters. The summed E-state index contributed by atoms with van der Waals surface area (Å²) in [5, 5.41) is 0. The molecule has 0 aliphatic heterocycles. The second-order valence-corrected chi connectivity index (χ2v) is 6.61. The summed E-state index contributed by atoms with van der Waals surface area (Å²) >= 11 is 0. The number of rotatable bonds is 11. The molecule has 0 aliphatic rings. The fourth-order valence-corrected chi connectivity index (χ4v) is 2.60. The highest BCUT2D eigenvalue weighted by atomic mass is 16.6. The molecule has 0 N–H and O–H groups in total. The lowest BCUT2D eigenvalue weighted by Crippen LogP contribution is -2.23. The Kier molecular flexibility index (Phi) is 9.61. The van der Waals surface area contributed by atoms with Gasteiger partial charge in [0.05, 0.1) is 12.2 Å². The molecule has 0 fully saturated rings. The molecule has 0 amide bonds. The molecule has 130 valence electrons. The van der Waals surface area contributed by atoms with Gasteiger partial charge in [-0.15, -0.1) is 0 Å². The molecular weight excluding hydrogens is 288 g/mol. The van der Waals surface area contributed by atoms with Crippen molar-refractivity contribution in [2.45, 2.75) is 65.4 Å². The Labute approximate surface area is 141 Å². The third-order valence-electron chi connectivity index (χ3n) is 3.91. The molecule has 1 aromatic carbocycles. The number of benzene rings is 1. The highest BCUT2D eigenvalue weighted by Gasteiger charge is 2.16. The Hall–Kier alpha value is -1.35. The molecule has 0 aliphatic carbocycles. The normalized spacial score (nSPS) is 12.4. The first-order valence-electron chi connectivity index (χ1n) is 8.85. The van der Waals surface area contributed by atoms with Crippen LogP contribution in [0.4, 0.5) is 0 Å². The SMILES string of the molecule is CCCc1ccc(C(=O)OC(CCCCC(C)C)COC)cc1. The van der Waals surface area contributed by atoms with Crippen LogP contribution in [0, 0.1) is 5.92 Å². The van der Waals surface area contributed by atoms with E-state index in [1.54, 1.807) is 7.11 Å². The average molecular weight is 320 g/mol. The number of esters is 1. The third-order valence-corrected chi connectivity index (χ3v) is 3.91. The van der Waals surface area contributed by atoms with Crippen molar-refractivity contribution in [2.75, 3.05) is 13.7 Å². The van der Waals surface area contributed by atoms with E-state index in [1.165, 1.54) is 18.4 Å². The summed E-state index contributed by atoms with van der Waals surface area (Å²) in [4.78, 5) is 12.3. The topological polar surface area (TPSA) is 35.5 Å². The lowest BCUT2D eigenvalue weighted by atomic mass is 10.0. The van der Waals surface area contributed by atoms with Gasteiger partial charge in [0.15, 0.2) is 0 Å². The Bertz CT molecular complexity index is 437. The van der Waals surface area contributed by atoms with Gasteiger partial charge in [0.25, 0.3) is 0 Å². The van der Waals surface area contributed by atoms with Crippen LogP contribution in [-0.4, -0.2) is 25.8 Å². The van der Waals surface area contributed by atoms with Gasteiger partial charge in [-0.05, 0) is 42.9 Å². The Morgan fingerprint density at radius 1 is 1.09 bits per heavy atom. The Balaban J connectivity index is 2.48. The van der Waals surface area contributed by atoms with Crippen LogP contribution in [0.5, 0.6) is 0 Å². The maximum Gasteiger partial charge on any atom is 0.338 e. The highest BCUT2D eigenvalue weighted by molar-refractivity contribution is 5.89. The second kappa shape index (κ2) is 11.2. The molecule has 0 aromatic heterocycles. The van der Waals surface area contributed by atoms with E-state index in [0.29, 0.717) is 12.2 Å². The molecule has 1 atom stereocenters. The Morgan fingerprint density at radius 3 is 2.30 bits per heavy atom. The van der Waals surface area contributed by atoms with Gasteiger partial charge in [-0.2, -0.15) is 0 Å². The maximum absolute atomic E-state index is 12.3. The minimum atomic E-state index is -0.251. The van der Waals surface area contributed by atoms with Crippen molar-refractivity contribution in [1.82, 2.24) is 0 Å². The molecule has 0 radical (unpaired) electrons. The van der Waals surface area contributed by atoms with Crippen LogP contribution in [0.25, 0.3) is 0 Å². The van der Waals surface area contributed by atoms with E-state index in [0.717, 1.165) is 31.6 Å². The minimum Gasteiger partial charge on any atom is -0.456 e. The first-order chi connectivity index (χ1) is 11.1. The van der Waals surface area contributed by atoms with Crippen molar-refractivity contribution < 1.29 is 14.3 Å². The van der Waals surface area contributed by atoms with Crippen LogP contribution in [0.3, 0.4) is 0 Å². The van der Waals surface area contributed by atoms with Crippen molar-refractivity contribution in [2.24, 2.45) is 5.92 Å². The molecule has 0 heterocycles. The monoisotopic (exact) mass is 320 g/mol. The molecule has 3 heteroatoms. The van der Waals surface area contributed by atoms with E-state index in [9.17, 15) is 4.79 Å². The zero-order valence-corrected chi connectivity index (χ0v) is 15.1. The number of unbranched alkanes of at least 4 members (excludes halogenated alkanes) is 1. The minimum absolute atomic E-state index is 0.157. The predicted octanol–water partition coefficient (Wildman–Crippen LogP) is 5.03. The van der Waals surface area contributed by atoms with Crippen LogP contribution >= 0.6 is 0 Å². The summed E-state index contributed by atoms with van der Waals surface area (Å²) in [7, 11) is 1.65. The summed E-state index contributed by atoms with van der Waals surface area (Å²) in [5.74, 6) is 0.471. The Morgan fingerprint density at radius 2 is 1.74 bits per heavy atom. The van der Waals surface area contributed by atoms with Crippen molar-refractivity contribution in [3.05, 3.63) is 35.4 Å². The number of hydrogen-bond donors (Lipinski definition) is 0. The van der Waals surface area contributed by atoms with E-state index >= 15 is 0 Å². The number of ether oxygens (including phenoxy) is 2. The number of hydrogen-bond acceptors (Lipinski definition) is 3. The van der Waals surface area contributed by atoms with Crippen molar-refractivity contribution in [3.63, 3.8) is 0 Å². The average Bonchev–Trinajstić information content (AvgIpc) is 2.52. The fourth-order valence-electron chi connectivity index (χ4n) is 2.60. The molecule has 0 spiro atoms. The number of carbonyl (C=O) groups is 1. The number of carbonyl (C=O) groups excluding carboxylic acids is 1. The van der Waals surface area contributed by atoms with Gasteiger partial charge in [0.1, 0.15) is 6.10 Å². The standard InChI is InChI=1S/C20H32O3/c1-5-8-17-11-13-18(14-12-17)20(21)23-19(15-22-4)10-7-6-9-16(2)3/h11-14,16,19H,5-10,15H2,1-4H3. The van der Waals surface area contributed by atoms with Crippen LogP contribution in [0.2, 0.25) is 0 Å². The smallest absolute Gasteiger partial charge is 0.338 e. The second-order valence-electron chi connectivity index (χ2n) is 6.61. The van der Waals surface area contributed by atoms with Crippen molar-refractivity contribution in [1.29, 1.82) is 0 Å². The largest absolute Gasteiger partial charge is 0.456 e. The lowest BCUT2D eigenvalue weighted by molar-refractivity contribution is 0.00231. The van der Waals surface area contributed by atoms with E-state index in [4.69, 9.17) is 9.47 Å². The lowest BCUT2D eigenvalue weighted by Gasteiger charge is -2.17. The van der Waals surface area contributed by atoms with Crippen LogP contribution in [0.1, 0.15) is 68.8 Å². The van der Waals surface area contributed by atoms with E-state index in [1.807, 2.05) is 24.3 Å². The van der Waals surface area contributed by atoms with Gasteiger partial charge in [0.2, 0.25) is 0 Å². The highest BCUT2D eigenvalue weighted by Crippen LogP contribution is 2.14. The van der Waals surface area contributed by atoms with Crippen LogP contribution < -0.4 is 0 Å². The van der Waals surface area contributed by atoms with Crippen molar-refractivity contribution in [3.8, 4) is 0 Å². The van der Waals surface area contributed by atoms with E-state index < -0.39 is 0 Å². The predicted molar refractivity (Wildman–Crippen MR) is 94.8 cm³/mol. The first kappa shape index (κ1) is 19.7. The number of methoxy groups -OCH3 is 1. The fraction of sp³-hybridized carbons (Fsp3) is 0.650. The van der Waals surface area contributed by atoms with Gasteiger partial charge >= 0.3 is 5.97 Å². The molecule has 0 saturated carbocycles. The van der Waals surface area contributed by atoms with Gasteiger partial charge in [-0.3, -0.25) is 0 Å².